The SMILES string of the molecule is CCOc1cccc(NS(=O)(=O)c2ccc(C)c(F)c2)c1. The second kappa shape index (κ2) is 6.13. The van der Waals surface area contributed by atoms with E-state index in [4.69, 9.17) is 4.74 Å². The molecule has 1 N–H and O–H groups in total. The standard InChI is InChI=1S/C15H16FNO3S/c1-3-20-13-6-4-5-12(9-13)17-21(18,19)14-8-7-11(2)15(16)10-14/h4-10,17H,3H2,1-2H3. The molecule has 0 aliphatic carbocycles. The highest BCUT2D eigenvalue weighted by Crippen LogP contribution is 2.22. The van der Waals surface area contributed by atoms with Crippen molar-refractivity contribution in [3.63, 3.8) is 0 Å². The Balaban J connectivity index is 2.28. The number of rotatable bonds is 5. The van der Waals surface area contributed by atoms with E-state index in [0.717, 1.165) is 6.07 Å². The summed E-state index contributed by atoms with van der Waals surface area (Å²) in [4.78, 5) is -0.118. The highest BCUT2D eigenvalue weighted by atomic mass is 32.2. The number of ether oxygens (including phenoxy) is 1. The van der Waals surface area contributed by atoms with Gasteiger partial charge in [0.05, 0.1) is 17.2 Å². The summed E-state index contributed by atoms with van der Waals surface area (Å²) in [5.74, 6) is 0.00808. The van der Waals surface area contributed by atoms with Crippen LogP contribution in [0.1, 0.15) is 12.5 Å². The first-order chi connectivity index (χ1) is 9.92. The molecule has 0 spiro atoms. The molecule has 0 fully saturated rings. The zero-order chi connectivity index (χ0) is 15.5. The number of halogens is 1. The fourth-order valence-electron chi connectivity index (χ4n) is 1.77. The first kappa shape index (κ1) is 15.3. The molecule has 2 rings (SSSR count). The average Bonchev–Trinajstić information content (AvgIpc) is 2.42. The van der Waals surface area contributed by atoms with Crippen molar-refractivity contribution in [2.24, 2.45) is 0 Å². The van der Waals surface area contributed by atoms with Gasteiger partial charge in [-0.3, -0.25) is 4.72 Å². The van der Waals surface area contributed by atoms with Crippen LogP contribution in [-0.4, -0.2) is 15.0 Å². The van der Waals surface area contributed by atoms with Crippen molar-refractivity contribution in [1.29, 1.82) is 0 Å². The van der Waals surface area contributed by atoms with E-state index in [2.05, 4.69) is 4.72 Å². The largest absolute Gasteiger partial charge is 0.494 e. The second-order valence-electron chi connectivity index (χ2n) is 4.48. The lowest BCUT2D eigenvalue weighted by molar-refractivity contribution is 0.340. The van der Waals surface area contributed by atoms with Crippen molar-refractivity contribution in [1.82, 2.24) is 0 Å². The fourth-order valence-corrected chi connectivity index (χ4v) is 2.83. The van der Waals surface area contributed by atoms with Gasteiger partial charge >= 0.3 is 0 Å². The van der Waals surface area contributed by atoms with Crippen LogP contribution in [0.5, 0.6) is 5.75 Å². The average molecular weight is 309 g/mol. The molecule has 4 nitrogen and oxygen atoms in total. The maximum Gasteiger partial charge on any atom is 0.261 e. The maximum absolute atomic E-state index is 13.5. The summed E-state index contributed by atoms with van der Waals surface area (Å²) in [6.07, 6.45) is 0. The lowest BCUT2D eigenvalue weighted by Gasteiger charge is -2.10. The number of nitrogens with one attached hydrogen (secondary N) is 1. The molecule has 0 aliphatic rings. The van der Waals surface area contributed by atoms with Gasteiger partial charge in [0.25, 0.3) is 10.0 Å². The van der Waals surface area contributed by atoms with Gasteiger partial charge in [0.2, 0.25) is 0 Å². The lowest BCUT2D eigenvalue weighted by Crippen LogP contribution is -2.13. The van der Waals surface area contributed by atoms with E-state index >= 15 is 0 Å². The Bertz CT molecular complexity index is 744. The summed E-state index contributed by atoms with van der Waals surface area (Å²) >= 11 is 0. The number of hydrogen-bond donors (Lipinski definition) is 1. The van der Waals surface area contributed by atoms with E-state index in [0.29, 0.717) is 23.6 Å². The summed E-state index contributed by atoms with van der Waals surface area (Å²) in [5.41, 5.74) is 0.759. The molecule has 0 aliphatic heterocycles. The van der Waals surface area contributed by atoms with Crippen molar-refractivity contribution < 1.29 is 17.5 Å². The van der Waals surface area contributed by atoms with Crippen LogP contribution < -0.4 is 9.46 Å². The molecule has 0 atom stereocenters. The Kier molecular flexibility index (Phi) is 4.47. The van der Waals surface area contributed by atoms with E-state index in [1.807, 2.05) is 6.92 Å². The molecular weight excluding hydrogens is 293 g/mol. The minimum absolute atomic E-state index is 0.118. The molecule has 0 radical (unpaired) electrons. The highest BCUT2D eigenvalue weighted by molar-refractivity contribution is 7.92. The van der Waals surface area contributed by atoms with Gasteiger partial charge in [-0.05, 0) is 43.7 Å². The van der Waals surface area contributed by atoms with Gasteiger partial charge in [0.1, 0.15) is 11.6 Å². The van der Waals surface area contributed by atoms with E-state index in [1.54, 1.807) is 31.2 Å². The van der Waals surface area contributed by atoms with E-state index in [9.17, 15) is 12.8 Å². The monoisotopic (exact) mass is 309 g/mol. The van der Waals surface area contributed by atoms with Gasteiger partial charge in [0.15, 0.2) is 0 Å². The Morgan fingerprint density at radius 2 is 1.95 bits per heavy atom. The van der Waals surface area contributed by atoms with E-state index in [1.165, 1.54) is 12.1 Å². The molecule has 0 unspecified atom stereocenters. The van der Waals surface area contributed by atoms with Crippen molar-refractivity contribution in [2.75, 3.05) is 11.3 Å². The quantitative estimate of drug-likeness (QED) is 0.921. The molecule has 2 aromatic rings. The summed E-state index contributed by atoms with van der Waals surface area (Å²) < 4.78 is 45.6. The predicted molar refractivity (Wildman–Crippen MR) is 79.6 cm³/mol. The maximum atomic E-state index is 13.5. The molecule has 6 heteroatoms. The number of sulfonamides is 1. The highest BCUT2D eigenvalue weighted by Gasteiger charge is 2.16. The molecule has 0 amide bonds. The molecular formula is C15H16FNO3S. The van der Waals surface area contributed by atoms with Gasteiger partial charge in [-0.15, -0.1) is 0 Å². The zero-order valence-corrected chi connectivity index (χ0v) is 12.6. The van der Waals surface area contributed by atoms with Gasteiger partial charge in [-0.25, -0.2) is 12.8 Å². The fraction of sp³-hybridized carbons (Fsp3) is 0.200. The Hall–Kier alpha value is -2.08. The van der Waals surface area contributed by atoms with Gasteiger partial charge in [-0.1, -0.05) is 12.1 Å². The first-order valence-electron chi connectivity index (χ1n) is 6.44. The van der Waals surface area contributed by atoms with Crippen LogP contribution >= 0.6 is 0 Å². The molecule has 0 saturated heterocycles. The normalized spacial score (nSPS) is 11.2. The van der Waals surface area contributed by atoms with Crippen molar-refractivity contribution >= 4 is 15.7 Å². The third-order valence-electron chi connectivity index (χ3n) is 2.85. The minimum atomic E-state index is -3.83. The predicted octanol–water partition coefficient (Wildman–Crippen LogP) is 3.33. The Labute approximate surface area is 123 Å². The smallest absolute Gasteiger partial charge is 0.261 e. The minimum Gasteiger partial charge on any atom is -0.494 e. The van der Waals surface area contributed by atoms with Crippen LogP contribution in [0.25, 0.3) is 0 Å². The summed E-state index contributed by atoms with van der Waals surface area (Å²) in [6.45, 7) is 3.90. The zero-order valence-electron chi connectivity index (χ0n) is 11.8. The third kappa shape index (κ3) is 3.72. The molecule has 0 aromatic heterocycles. The van der Waals surface area contributed by atoms with Crippen LogP contribution in [0.3, 0.4) is 0 Å². The van der Waals surface area contributed by atoms with Crippen LogP contribution in [0.15, 0.2) is 47.4 Å². The number of aryl methyl sites for hydroxylation is 1. The lowest BCUT2D eigenvalue weighted by atomic mass is 10.2. The third-order valence-corrected chi connectivity index (χ3v) is 4.23. The van der Waals surface area contributed by atoms with Crippen LogP contribution in [0.2, 0.25) is 0 Å². The van der Waals surface area contributed by atoms with Crippen LogP contribution in [0, 0.1) is 12.7 Å². The second-order valence-corrected chi connectivity index (χ2v) is 6.16. The molecule has 0 heterocycles. The Morgan fingerprint density at radius 1 is 1.19 bits per heavy atom. The Morgan fingerprint density at radius 3 is 2.62 bits per heavy atom. The molecule has 0 bridgehead atoms. The van der Waals surface area contributed by atoms with E-state index in [-0.39, 0.29) is 4.90 Å². The first-order valence-corrected chi connectivity index (χ1v) is 7.92. The summed E-state index contributed by atoms with van der Waals surface area (Å²) in [6, 6.07) is 10.4. The number of anilines is 1. The van der Waals surface area contributed by atoms with Crippen molar-refractivity contribution in [3.8, 4) is 5.75 Å². The molecule has 0 saturated carbocycles. The van der Waals surface area contributed by atoms with Gasteiger partial charge in [-0.2, -0.15) is 0 Å². The molecule has 112 valence electrons. The molecule has 21 heavy (non-hydrogen) atoms. The van der Waals surface area contributed by atoms with Crippen molar-refractivity contribution in [2.45, 2.75) is 18.7 Å². The number of benzene rings is 2. The van der Waals surface area contributed by atoms with Gasteiger partial charge < -0.3 is 4.74 Å². The van der Waals surface area contributed by atoms with Crippen molar-refractivity contribution in [3.05, 3.63) is 53.8 Å². The van der Waals surface area contributed by atoms with Crippen LogP contribution in [-0.2, 0) is 10.0 Å². The van der Waals surface area contributed by atoms with Crippen LogP contribution in [0.4, 0.5) is 10.1 Å². The summed E-state index contributed by atoms with van der Waals surface area (Å²) in [7, 11) is -3.83. The number of hydrogen-bond acceptors (Lipinski definition) is 3. The van der Waals surface area contributed by atoms with E-state index < -0.39 is 15.8 Å². The summed E-state index contributed by atoms with van der Waals surface area (Å²) in [5, 5.41) is 0. The topological polar surface area (TPSA) is 55.4 Å². The van der Waals surface area contributed by atoms with Gasteiger partial charge in [0, 0.05) is 6.07 Å². The molecule has 2 aromatic carbocycles.